The van der Waals surface area contributed by atoms with E-state index in [0.29, 0.717) is 5.82 Å². The number of aromatic nitrogens is 5. The van der Waals surface area contributed by atoms with E-state index in [0.717, 1.165) is 33.6 Å². The molecule has 35 heavy (non-hydrogen) atoms. The lowest BCUT2D eigenvalue weighted by Crippen LogP contribution is -2.33. The smallest absolute Gasteiger partial charge is 0.415 e. The van der Waals surface area contributed by atoms with E-state index in [4.69, 9.17) is 4.74 Å². The highest BCUT2D eigenvalue weighted by atomic mass is 16.6. The van der Waals surface area contributed by atoms with Gasteiger partial charge in [-0.1, -0.05) is 30.3 Å². The van der Waals surface area contributed by atoms with Crippen molar-refractivity contribution in [2.45, 2.75) is 25.5 Å². The monoisotopic (exact) mass is 462 g/mol. The highest BCUT2D eigenvalue weighted by Gasteiger charge is 2.49. The average molecular weight is 463 g/mol. The van der Waals surface area contributed by atoms with Crippen LogP contribution in [0.15, 0.2) is 91.6 Å². The average Bonchev–Trinajstić information content (AvgIpc) is 3.41. The third kappa shape index (κ3) is 3.59. The predicted molar refractivity (Wildman–Crippen MR) is 132 cm³/mol. The summed E-state index contributed by atoms with van der Waals surface area (Å²) in [5, 5.41) is 8.76. The molecule has 8 heteroatoms. The molecule has 2 aromatic carbocycles. The molecular formula is C27H22N6O2. The van der Waals surface area contributed by atoms with Crippen molar-refractivity contribution in [1.29, 1.82) is 0 Å². The van der Waals surface area contributed by atoms with E-state index in [1.807, 2.05) is 91.2 Å². The number of carbonyl (C=O) groups excluding carboxylic acids is 1. The topological polar surface area (TPSA) is 85.5 Å². The number of hydrogen-bond donors (Lipinski definition) is 0. The van der Waals surface area contributed by atoms with Crippen LogP contribution in [-0.4, -0.2) is 36.3 Å². The number of cyclic esters (lactones) is 1. The van der Waals surface area contributed by atoms with Crippen molar-refractivity contribution in [2.75, 3.05) is 4.90 Å². The summed E-state index contributed by atoms with van der Waals surface area (Å²) < 4.78 is 7.68. The second-order valence-corrected chi connectivity index (χ2v) is 9.00. The van der Waals surface area contributed by atoms with Crippen molar-refractivity contribution in [2.24, 2.45) is 0 Å². The van der Waals surface area contributed by atoms with Gasteiger partial charge in [0.15, 0.2) is 11.5 Å². The summed E-state index contributed by atoms with van der Waals surface area (Å²) >= 11 is 0. The number of rotatable bonds is 4. The minimum Gasteiger partial charge on any atom is -0.441 e. The van der Waals surface area contributed by atoms with Crippen LogP contribution in [0, 0.1) is 0 Å². The Kier molecular flexibility index (Phi) is 4.81. The van der Waals surface area contributed by atoms with Crippen LogP contribution in [0.2, 0.25) is 0 Å². The molecule has 172 valence electrons. The van der Waals surface area contributed by atoms with E-state index < -0.39 is 5.60 Å². The van der Waals surface area contributed by atoms with Gasteiger partial charge in [-0.2, -0.15) is 0 Å². The third-order valence-electron chi connectivity index (χ3n) is 6.29. The first kappa shape index (κ1) is 21.0. The minimum atomic E-state index is -0.665. The lowest BCUT2D eigenvalue weighted by molar-refractivity contribution is 0.0685. The van der Waals surface area contributed by atoms with Gasteiger partial charge in [-0.05, 0) is 61.4 Å². The van der Waals surface area contributed by atoms with Crippen LogP contribution in [0.25, 0.3) is 28.2 Å². The van der Waals surface area contributed by atoms with E-state index in [-0.39, 0.29) is 12.1 Å². The van der Waals surface area contributed by atoms with Crippen molar-refractivity contribution >= 4 is 17.4 Å². The van der Waals surface area contributed by atoms with Crippen molar-refractivity contribution in [3.05, 3.63) is 97.2 Å². The molecule has 1 aliphatic heterocycles. The fraction of sp³-hybridized carbons (Fsp3) is 0.148. The van der Waals surface area contributed by atoms with Gasteiger partial charge in [0, 0.05) is 35.4 Å². The van der Waals surface area contributed by atoms with E-state index in [1.165, 1.54) is 6.33 Å². The summed E-state index contributed by atoms with van der Waals surface area (Å²) in [6.45, 7) is 3.88. The van der Waals surface area contributed by atoms with Crippen molar-refractivity contribution < 1.29 is 9.53 Å². The van der Waals surface area contributed by atoms with Crippen molar-refractivity contribution in [3.8, 4) is 22.5 Å². The lowest BCUT2D eigenvalue weighted by Gasteiger charge is -2.29. The highest BCUT2D eigenvalue weighted by molar-refractivity contribution is 5.92. The number of anilines is 1. The molecule has 8 nitrogen and oxygen atoms in total. The molecular weight excluding hydrogens is 440 g/mol. The molecule has 6 rings (SSSR count). The fourth-order valence-corrected chi connectivity index (χ4v) is 4.67. The summed E-state index contributed by atoms with van der Waals surface area (Å²) in [5.41, 5.74) is 4.61. The Morgan fingerprint density at radius 3 is 2.34 bits per heavy atom. The number of nitrogens with zero attached hydrogens (tertiary/aromatic N) is 6. The maximum atomic E-state index is 12.9. The summed E-state index contributed by atoms with van der Waals surface area (Å²) in [5.74, 6) is 0.714. The Morgan fingerprint density at radius 1 is 0.857 bits per heavy atom. The molecule has 1 atom stereocenters. The van der Waals surface area contributed by atoms with Gasteiger partial charge < -0.3 is 4.74 Å². The second-order valence-electron chi connectivity index (χ2n) is 9.00. The first-order valence-corrected chi connectivity index (χ1v) is 11.3. The Bertz CT molecular complexity index is 1510. The number of amides is 1. The van der Waals surface area contributed by atoms with Crippen LogP contribution < -0.4 is 4.90 Å². The van der Waals surface area contributed by atoms with Crippen LogP contribution >= 0.6 is 0 Å². The van der Waals surface area contributed by atoms with Gasteiger partial charge >= 0.3 is 6.09 Å². The largest absolute Gasteiger partial charge is 0.441 e. The molecule has 5 aromatic rings. The van der Waals surface area contributed by atoms with Crippen LogP contribution in [-0.2, 0) is 4.74 Å². The number of hydrogen-bond acceptors (Lipinski definition) is 6. The molecule has 0 saturated carbocycles. The van der Waals surface area contributed by atoms with E-state index in [1.54, 1.807) is 17.3 Å². The highest BCUT2D eigenvalue weighted by Crippen LogP contribution is 2.43. The van der Waals surface area contributed by atoms with Gasteiger partial charge in [0.05, 0.1) is 0 Å². The molecule has 0 aliphatic carbocycles. The standard InChI is InChI=1S/C27H22N6O2/c1-27(2)24(18-6-4-3-5-7-18)33(26(34)35-27)22-10-8-19(9-11-22)25-31-30-23-14-20(12-13-32(23)25)21-15-28-17-29-16-21/h3-17,24H,1-2H3/t24-/m0/s1. The number of fused-ring (bicyclic) bond motifs is 1. The molecule has 0 spiro atoms. The summed E-state index contributed by atoms with van der Waals surface area (Å²) in [7, 11) is 0. The van der Waals surface area contributed by atoms with Gasteiger partial charge in [-0.15, -0.1) is 10.2 Å². The maximum Gasteiger partial charge on any atom is 0.415 e. The zero-order valence-corrected chi connectivity index (χ0v) is 19.2. The quantitative estimate of drug-likeness (QED) is 0.359. The molecule has 1 amide bonds. The SMILES string of the molecule is CC1(C)OC(=O)N(c2ccc(-c3nnc4cc(-c5cncnc5)ccn34)cc2)[C@H]1c1ccccc1. The Balaban J connectivity index is 1.34. The number of benzene rings is 2. The summed E-state index contributed by atoms with van der Waals surface area (Å²) in [6, 6.07) is 21.4. The van der Waals surface area contributed by atoms with Crippen LogP contribution in [0.4, 0.5) is 10.5 Å². The Morgan fingerprint density at radius 2 is 1.60 bits per heavy atom. The zero-order valence-electron chi connectivity index (χ0n) is 19.2. The summed E-state index contributed by atoms with van der Waals surface area (Å²) in [4.78, 5) is 22.8. The third-order valence-corrected chi connectivity index (χ3v) is 6.29. The summed E-state index contributed by atoms with van der Waals surface area (Å²) in [6.07, 6.45) is 6.62. The van der Waals surface area contributed by atoms with E-state index in [2.05, 4.69) is 20.2 Å². The normalized spacial score (nSPS) is 17.0. The molecule has 0 bridgehead atoms. The van der Waals surface area contributed by atoms with Crippen LogP contribution in [0.1, 0.15) is 25.5 Å². The first-order chi connectivity index (χ1) is 17.0. The second kappa shape index (κ2) is 8.02. The zero-order chi connectivity index (χ0) is 24.0. The Labute approximate surface area is 201 Å². The number of ether oxygens (including phenoxy) is 1. The van der Waals surface area contributed by atoms with E-state index in [9.17, 15) is 4.79 Å². The molecule has 0 radical (unpaired) electrons. The van der Waals surface area contributed by atoms with Gasteiger partial charge in [-0.3, -0.25) is 9.30 Å². The molecule has 4 heterocycles. The molecule has 1 aliphatic rings. The predicted octanol–water partition coefficient (Wildman–Crippen LogP) is 5.33. The van der Waals surface area contributed by atoms with Crippen molar-refractivity contribution in [1.82, 2.24) is 24.6 Å². The Hall–Kier alpha value is -4.59. The van der Waals surface area contributed by atoms with Gasteiger partial charge in [0.2, 0.25) is 0 Å². The number of pyridine rings is 1. The number of carbonyl (C=O) groups is 1. The molecule has 3 aromatic heterocycles. The molecule has 1 saturated heterocycles. The van der Waals surface area contributed by atoms with Crippen LogP contribution in [0.3, 0.4) is 0 Å². The van der Waals surface area contributed by atoms with Gasteiger partial charge in [0.1, 0.15) is 18.0 Å². The minimum absolute atomic E-state index is 0.239. The van der Waals surface area contributed by atoms with Crippen LogP contribution in [0.5, 0.6) is 0 Å². The van der Waals surface area contributed by atoms with Crippen molar-refractivity contribution in [3.63, 3.8) is 0 Å². The van der Waals surface area contributed by atoms with Gasteiger partial charge in [-0.25, -0.2) is 14.8 Å². The molecule has 1 fully saturated rings. The van der Waals surface area contributed by atoms with Gasteiger partial charge in [0.25, 0.3) is 0 Å². The maximum absolute atomic E-state index is 12.9. The first-order valence-electron chi connectivity index (χ1n) is 11.3. The molecule has 0 N–H and O–H groups in total. The lowest BCUT2D eigenvalue weighted by atomic mass is 9.91. The van der Waals surface area contributed by atoms with E-state index >= 15 is 0 Å². The molecule has 0 unspecified atom stereocenters. The fourth-order valence-electron chi connectivity index (χ4n) is 4.67.